The molecule has 0 spiro atoms. The molecule has 1 aliphatic heterocycles. The summed E-state index contributed by atoms with van der Waals surface area (Å²) in [5.74, 6) is 1.34. The topological polar surface area (TPSA) is 51.0 Å². The lowest BCUT2D eigenvalue weighted by Gasteiger charge is -2.09. The predicted octanol–water partition coefficient (Wildman–Crippen LogP) is 0.755. The van der Waals surface area contributed by atoms with Gasteiger partial charge in [-0.25, -0.2) is 0 Å². The molecule has 0 atom stereocenters. The lowest BCUT2D eigenvalue weighted by molar-refractivity contribution is 0.400. The van der Waals surface area contributed by atoms with Crippen LogP contribution in [0.15, 0.2) is 10.6 Å². The van der Waals surface area contributed by atoms with Crippen molar-refractivity contribution in [2.45, 2.75) is 13.3 Å². The van der Waals surface area contributed by atoms with Crippen LogP contribution in [0.3, 0.4) is 0 Å². The van der Waals surface area contributed by atoms with Crippen LogP contribution in [-0.4, -0.2) is 23.2 Å². The number of nitrogens with one attached hydrogen (secondary N) is 1. The third-order valence-corrected chi connectivity index (χ3v) is 1.83. The fourth-order valence-electron chi connectivity index (χ4n) is 1.23. The Balaban J connectivity index is 2.23. The van der Waals surface area contributed by atoms with Gasteiger partial charge in [-0.1, -0.05) is 11.2 Å². The normalized spacial score (nSPS) is 17.6. The Hall–Kier alpha value is -1.16. The van der Waals surface area contributed by atoms with E-state index in [0.29, 0.717) is 11.7 Å². The Morgan fingerprint density at radius 1 is 1.58 bits per heavy atom. The van der Waals surface area contributed by atoms with Crippen LogP contribution in [0.2, 0.25) is 0 Å². The maximum absolute atomic E-state index is 5.03. The third-order valence-electron chi connectivity index (χ3n) is 1.83. The molecule has 2 rings (SSSR count). The summed E-state index contributed by atoms with van der Waals surface area (Å²) in [6.07, 6.45) is 3.18. The molecule has 0 bridgehead atoms. The second-order valence-corrected chi connectivity index (χ2v) is 2.84. The highest BCUT2D eigenvalue weighted by Gasteiger charge is 2.11. The predicted molar refractivity (Wildman–Crippen MR) is 44.5 cm³/mol. The van der Waals surface area contributed by atoms with Crippen molar-refractivity contribution >= 4 is 5.57 Å². The van der Waals surface area contributed by atoms with Gasteiger partial charge in [0.2, 0.25) is 0 Å². The van der Waals surface area contributed by atoms with Crippen LogP contribution in [0.4, 0.5) is 0 Å². The zero-order valence-electron chi connectivity index (χ0n) is 7.00. The van der Waals surface area contributed by atoms with Crippen LogP contribution in [0.25, 0.3) is 5.57 Å². The molecule has 12 heavy (non-hydrogen) atoms. The van der Waals surface area contributed by atoms with E-state index in [0.717, 1.165) is 25.1 Å². The summed E-state index contributed by atoms with van der Waals surface area (Å²) >= 11 is 0. The van der Waals surface area contributed by atoms with Crippen molar-refractivity contribution in [2.75, 3.05) is 13.1 Å². The molecule has 2 heterocycles. The van der Waals surface area contributed by atoms with Crippen molar-refractivity contribution < 1.29 is 4.52 Å². The summed E-state index contributed by atoms with van der Waals surface area (Å²) in [5.41, 5.74) is 1.11. The minimum Gasteiger partial charge on any atom is -0.334 e. The first kappa shape index (κ1) is 7.49. The molecule has 4 nitrogen and oxygen atoms in total. The van der Waals surface area contributed by atoms with E-state index in [1.165, 1.54) is 0 Å². The highest BCUT2D eigenvalue weighted by molar-refractivity contribution is 5.60. The first-order valence-electron chi connectivity index (χ1n) is 4.07. The third kappa shape index (κ3) is 1.38. The number of hydrogen-bond acceptors (Lipinski definition) is 4. The summed E-state index contributed by atoms with van der Waals surface area (Å²) in [5, 5.41) is 6.98. The van der Waals surface area contributed by atoms with Crippen molar-refractivity contribution in [3.05, 3.63) is 17.8 Å². The Labute approximate surface area is 70.7 Å². The average molecular weight is 165 g/mol. The van der Waals surface area contributed by atoms with E-state index >= 15 is 0 Å². The Bertz CT molecular complexity index is 303. The fourth-order valence-corrected chi connectivity index (χ4v) is 1.23. The minimum absolute atomic E-state index is 0.653. The molecular formula is C8H11N3O. The van der Waals surface area contributed by atoms with Crippen molar-refractivity contribution in [1.82, 2.24) is 15.5 Å². The zero-order valence-corrected chi connectivity index (χ0v) is 7.00. The van der Waals surface area contributed by atoms with E-state index in [1.807, 2.05) is 6.92 Å². The van der Waals surface area contributed by atoms with Gasteiger partial charge < -0.3 is 9.84 Å². The molecule has 64 valence electrons. The number of aromatic nitrogens is 2. The second kappa shape index (κ2) is 3.06. The molecule has 0 aromatic carbocycles. The maximum Gasteiger partial charge on any atom is 0.254 e. The number of nitrogens with zero attached hydrogens (tertiary/aromatic N) is 2. The fraction of sp³-hybridized carbons (Fsp3) is 0.500. The van der Waals surface area contributed by atoms with E-state index < -0.39 is 0 Å². The standard InChI is InChI=1S/C8H11N3O/c1-6-10-8(12-11-6)7-3-2-4-9-5-7/h3,9H,2,4-5H2,1H3. The lowest BCUT2D eigenvalue weighted by Crippen LogP contribution is -2.21. The van der Waals surface area contributed by atoms with Crippen LogP contribution in [0.5, 0.6) is 0 Å². The van der Waals surface area contributed by atoms with Gasteiger partial charge in [-0.2, -0.15) is 4.98 Å². The molecule has 1 aromatic heterocycles. The molecule has 0 unspecified atom stereocenters. The largest absolute Gasteiger partial charge is 0.334 e. The summed E-state index contributed by atoms with van der Waals surface area (Å²) in [6.45, 7) is 3.70. The van der Waals surface area contributed by atoms with Crippen molar-refractivity contribution in [2.24, 2.45) is 0 Å². The number of hydrogen-bond donors (Lipinski definition) is 1. The average Bonchev–Trinajstić information content (AvgIpc) is 2.54. The molecule has 1 aliphatic rings. The van der Waals surface area contributed by atoms with Gasteiger partial charge in [-0.15, -0.1) is 0 Å². The van der Waals surface area contributed by atoms with Crippen molar-refractivity contribution in [3.63, 3.8) is 0 Å². The van der Waals surface area contributed by atoms with Crippen LogP contribution in [-0.2, 0) is 0 Å². The van der Waals surface area contributed by atoms with Crippen molar-refractivity contribution in [1.29, 1.82) is 0 Å². The van der Waals surface area contributed by atoms with Gasteiger partial charge in [-0.05, 0) is 19.9 Å². The van der Waals surface area contributed by atoms with E-state index in [-0.39, 0.29) is 0 Å². The number of rotatable bonds is 1. The van der Waals surface area contributed by atoms with E-state index in [1.54, 1.807) is 0 Å². The quantitative estimate of drug-likeness (QED) is 0.667. The lowest BCUT2D eigenvalue weighted by atomic mass is 10.1. The number of aryl methyl sites for hydroxylation is 1. The Morgan fingerprint density at radius 3 is 3.08 bits per heavy atom. The highest BCUT2D eigenvalue weighted by atomic mass is 16.5. The van der Waals surface area contributed by atoms with E-state index in [4.69, 9.17) is 4.52 Å². The summed E-state index contributed by atoms with van der Waals surface area (Å²) in [6, 6.07) is 0. The summed E-state index contributed by atoms with van der Waals surface area (Å²) in [4.78, 5) is 4.15. The molecule has 1 aromatic rings. The van der Waals surface area contributed by atoms with Crippen LogP contribution in [0.1, 0.15) is 18.1 Å². The van der Waals surface area contributed by atoms with Gasteiger partial charge in [-0.3, -0.25) is 0 Å². The first-order valence-corrected chi connectivity index (χ1v) is 4.07. The summed E-state index contributed by atoms with van der Waals surface area (Å²) < 4.78 is 5.03. The smallest absolute Gasteiger partial charge is 0.254 e. The van der Waals surface area contributed by atoms with Crippen LogP contribution < -0.4 is 5.32 Å². The van der Waals surface area contributed by atoms with Gasteiger partial charge in [0.05, 0.1) is 0 Å². The Kier molecular flexibility index (Phi) is 1.91. The van der Waals surface area contributed by atoms with E-state index in [2.05, 4.69) is 21.5 Å². The molecule has 0 aliphatic carbocycles. The Morgan fingerprint density at radius 2 is 2.50 bits per heavy atom. The molecule has 0 saturated heterocycles. The van der Waals surface area contributed by atoms with Gasteiger partial charge >= 0.3 is 0 Å². The molecule has 0 saturated carbocycles. The molecule has 0 amide bonds. The van der Waals surface area contributed by atoms with Crippen molar-refractivity contribution in [3.8, 4) is 0 Å². The maximum atomic E-state index is 5.03. The van der Waals surface area contributed by atoms with Crippen LogP contribution in [0, 0.1) is 6.92 Å². The zero-order chi connectivity index (χ0) is 8.39. The van der Waals surface area contributed by atoms with Gasteiger partial charge in [0, 0.05) is 12.1 Å². The molecule has 0 fully saturated rings. The summed E-state index contributed by atoms with van der Waals surface area (Å²) in [7, 11) is 0. The molecule has 0 radical (unpaired) electrons. The minimum atomic E-state index is 0.653. The first-order chi connectivity index (χ1) is 5.86. The van der Waals surface area contributed by atoms with Gasteiger partial charge in [0.25, 0.3) is 5.89 Å². The SMILES string of the molecule is Cc1noc(C2=CCCNC2)n1. The highest BCUT2D eigenvalue weighted by Crippen LogP contribution is 2.13. The monoisotopic (exact) mass is 165 g/mol. The van der Waals surface area contributed by atoms with Crippen LogP contribution >= 0.6 is 0 Å². The molecular weight excluding hydrogens is 154 g/mol. The second-order valence-electron chi connectivity index (χ2n) is 2.84. The van der Waals surface area contributed by atoms with Gasteiger partial charge in [0.1, 0.15) is 0 Å². The molecule has 1 N–H and O–H groups in total. The van der Waals surface area contributed by atoms with Gasteiger partial charge in [0.15, 0.2) is 5.82 Å². The molecule has 4 heteroatoms. The van der Waals surface area contributed by atoms with E-state index in [9.17, 15) is 0 Å².